The molecule has 1 amide bonds. The summed E-state index contributed by atoms with van der Waals surface area (Å²) in [4.78, 5) is 28.8. The van der Waals surface area contributed by atoms with Crippen molar-refractivity contribution in [1.29, 1.82) is 0 Å². The molecule has 6 nitrogen and oxygen atoms in total. The number of hydrogen-bond donors (Lipinski definition) is 0. The Labute approximate surface area is 207 Å². The van der Waals surface area contributed by atoms with Gasteiger partial charge in [0.1, 0.15) is 22.9 Å². The van der Waals surface area contributed by atoms with E-state index in [1.165, 1.54) is 12.1 Å². The van der Waals surface area contributed by atoms with Gasteiger partial charge in [0.25, 0.3) is 5.91 Å². The second-order valence-electron chi connectivity index (χ2n) is 8.73. The number of methoxy groups -OCH3 is 1. The molecule has 3 aromatic carbocycles. The van der Waals surface area contributed by atoms with E-state index in [1.807, 2.05) is 55.5 Å². The summed E-state index contributed by atoms with van der Waals surface area (Å²) in [6.45, 7) is 2.92. The number of nitrogens with zero attached hydrogens (tertiary/aromatic N) is 1. The maximum Gasteiger partial charge on any atom is 0.290 e. The minimum absolute atomic E-state index is 0.00119. The lowest BCUT2D eigenvalue weighted by Crippen LogP contribution is -2.31. The van der Waals surface area contributed by atoms with Crippen LogP contribution < -0.4 is 14.9 Å². The fraction of sp³-hybridized carbons (Fsp3) is 0.241. The fourth-order valence-corrected chi connectivity index (χ4v) is 4.61. The number of benzene rings is 3. The van der Waals surface area contributed by atoms with E-state index in [-0.39, 0.29) is 28.2 Å². The quantitative estimate of drug-likeness (QED) is 0.328. The van der Waals surface area contributed by atoms with Crippen LogP contribution in [0.4, 0.5) is 4.39 Å². The van der Waals surface area contributed by atoms with Gasteiger partial charge in [-0.3, -0.25) is 9.59 Å². The molecule has 0 fully saturated rings. The molecule has 0 saturated carbocycles. The standard InChI is InChI=1S/C29H26FNO5/c1-3-15-35-22-6-4-5-19(16-22)26-25-27(32)23-17-20(30)9-12-24(23)36-28(25)29(33)31(26)14-13-18-7-10-21(34-2)11-8-18/h4-12,16-17,26H,3,13-15H2,1-2H3. The van der Waals surface area contributed by atoms with Crippen molar-refractivity contribution in [2.45, 2.75) is 25.8 Å². The van der Waals surface area contributed by atoms with Crippen LogP contribution in [0.2, 0.25) is 0 Å². The first-order chi connectivity index (χ1) is 17.5. The number of fused-ring (bicyclic) bond motifs is 2. The van der Waals surface area contributed by atoms with Gasteiger partial charge in [0, 0.05) is 6.54 Å². The van der Waals surface area contributed by atoms with E-state index < -0.39 is 17.3 Å². The highest BCUT2D eigenvalue weighted by Gasteiger charge is 2.42. The number of carbonyl (C=O) groups is 1. The topological polar surface area (TPSA) is 69.0 Å². The third-order valence-electron chi connectivity index (χ3n) is 6.37. The number of amides is 1. The molecule has 1 atom stereocenters. The van der Waals surface area contributed by atoms with Gasteiger partial charge in [0.15, 0.2) is 5.43 Å². The van der Waals surface area contributed by atoms with E-state index in [9.17, 15) is 14.0 Å². The molecule has 5 rings (SSSR count). The normalized spacial score (nSPS) is 14.8. The molecule has 4 aromatic rings. The Kier molecular flexibility index (Phi) is 6.46. The number of hydrogen-bond acceptors (Lipinski definition) is 5. The van der Waals surface area contributed by atoms with Crippen LogP contribution in [0.3, 0.4) is 0 Å². The van der Waals surface area contributed by atoms with Crippen molar-refractivity contribution < 1.29 is 23.1 Å². The molecule has 1 unspecified atom stereocenters. The summed E-state index contributed by atoms with van der Waals surface area (Å²) < 4.78 is 30.9. The lowest BCUT2D eigenvalue weighted by molar-refractivity contribution is 0.0730. The second-order valence-corrected chi connectivity index (χ2v) is 8.73. The summed E-state index contributed by atoms with van der Waals surface area (Å²) in [5, 5.41) is 0.113. The van der Waals surface area contributed by atoms with Crippen LogP contribution in [-0.2, 0) is 6.42 Å². The first kappa shape index (κ1) is 23.6. The molecule has 2 heterocycles. The molecule has 7 heteroatoms. The van der Waals surface area contributed by atoms with E-state index in [0.717, 1.165) is 29.4 Å². The number of halogens is 1. The third-order valence-corrected chi connectivity index (χ3v) is 6.37. The first-order valence-corrected chi connectivity index (χ1v) is 11.9. The van der Waals surface area contributed by atoms with Crippen molar-refractivity contribution in [2.75, 3.05) is 20.3 Å². The molecule has 36 heavy (non-hydrogen) atoms. The Morgan fingerprint density at radius 2 is 1.81 bits per heavy atom. The van der Waals surface area contributed by atoms with Crippen LogP contribution in [-0.4, -0.2) is 31.1 Å². The summed E-state index contributed by atoms with van der Waals surface area (Å²) in [7, 11) is 1.61. The van der Waals surface area contributed by atoms with E-state index in [1.54, 1.807) is 12.0 Å². The molecule has 0 aliphatic carbocycles. The van der Waals surface area contributed by atoms with E-state index in [4.69, 9.17) is 13.9 Å². The van der Waals surface area contributed by atoms with Gasteiger partial charge >= 0.3 is 0 Å². The van der Waals surface area contributed by atoms with E-state index >= 15 is 0 Å². The molecular weight excluding hydrogens is 461 g/mol. The number of rotatable bonds is 8. The Bertz CT molecular complexity index is 1480. The zero-order valence-corrected chi connectivity index (χ0v) is 20.1. The van der Waals surface area contributed by atoms with Crippen LogP contribution in [0.15, 0.2) is 75.9 Å². The van der Waals surface area contributed by atoms with Gasteiger partial charge < -0.3 is 18.8 Å². The highest BCUT2D eigenvalue weighted by molar-refractivity contribution is 5.99. The number of ether oxygens (including phenoxy) is 2. The van der Waals surface area contributed by atoms with Crippen LogP contribution in [0.5, 0.6) is 11.5 Å². The van der Waals surface area contributed by atoms with Gasteiger partial charge in [-0.2, -0.15) is 0 Å². The molecule has 1 aromatic heterocycles. The van der Waals surface area contributed by atoms with Crippen LogP contribution in [0.25, 0.3) is 11.0 Å². The third kappa shape index (κ3) is 4.33. The SMILES string of the molecule is CCCOc1cccc(C2c3c(oc4ccc(F)cc4c3=O)C(=O)N2CCc2ccc(OC)cc2)c1. The second kappa shape index (κ2) is 9.85. The van der Waals surface area contributed by atoms with Crippen molar-refractivity contribution >= 4 is 16.9 Å². The van der Waals surface area contributed by atoms with E-state index in [2.05, 4.69) is 0 Å². The summed E-state index contributed by atoms with van der Waals surface area (Å²) in [6.07, 6.45) is 1.42. The van der Waals surface area contributed by atoms with Crippen LogP contribution >= 0.6 is 0 Å². The molecule has 0 N–H and O–H groups in total. The molecule has 0 radical (unpaired) electrons. The highest BCUT2D eigenvalue weighted by Crippen LogP contribution is 2.39. The Morgan fingerprint density at radius 3 is 2.56 bits per heavy atom. The minimum atomic E-state index is -0.681. The zero-order valence-electron chi connectivity index (χ0n) is 20.1. The van der Waals surface area contributed by atoms with Gasteiger partial charge in [-0.25, -0.2) is 4.39 Å². The Hall–Kier alpha value is -4.13. The largest absolute Gasteiger partial charge is 0.497 e. The highest BCUT2D eigenvalue weighted by atomic mass is 19.1. The maximum absolute atomic E-state index is 14.0. The average Bonchev–Trinajstić information content (AvgIpc) is 3.18. The van der Waals surface area contributed by atoms with Crippen molar-refractivity contribution in [1.82, 2.24) is 4.90 Å². The molecule has 0 spiro atoms. The van der Waals surface area contributed by atoms with Crippen molar-refractivity contribution in [2.24, 2.45) is 0 Å². The maximum atomic E-state index is 14.0. The molecule has 0 bridgehead atoms. The Balaban J connectivity index is 1.59. The van der Waals surface area contributed by atoms with E-state index in [0.29, 0.717) is 25.3 Å². The smallest absolute Gasteiger partial charge is 0.290 e. The van der Waals surface area contributed by atoms with Gasteiger partial charge in [0.2, 0.25) is 5.76 Å². The molecular formula is C29H26FNO5. The molecule has 0 saturated heterocycles. The predicted octanol–water partition coefficient (Wildman–Crippen LogP) is 5.52. The van der Waals surface area contributed by atoms with Gasteiger partial charge in [-0.15, -0.1) is 0 Å². The van der Waals surface area contributed by atoms with Gasteiger partial charge in [0.05, 0.1) is 30.7 Å². The van der Waals surface area contributed by atoms with Crippen LogP contribution in [0.1, 0.15) is 46.6 Å². The van der Waals surface area contributed by atoms with Crippen molar-refractivity contribution in [3.05, 3.63) is 105 Å². The predicted molar refractivity (Wildman–Crippen MR) is 134 cm³/mol. The molecule has 184 valence electrons. The summed E-state index contributed by atoms with van der Waals surface area (Å²) in [6, 6.07) is 18.1. The lowest BCUT2D eigenvalue weighted by atomic mass is 9.98. The summed E-state index contributed by atoms with van der Waals surface area (Å²) in [5.74, 6) is 0.493. The minimum Gasteiger partial charge on any atom is -0.497 e. The van der Waals surface area contributed by atoms with Gasteiger partial charge in [-0.05, 0) is 66.4 Å². The summed E-state index contributed by atoms with van der Waals surface area (Å²) >= 11 is 0. The molecule has 1 aliphatic rings. The zero-order chi connectivity index (χ0) is 25.2. The molecule has 1 aliphatic heterocycles. The van der Waals surface area contributed by atoms with Crippen molar-refractivity contribution in [3.8, 4) is 11.5 Å². The summed E-state index contributed by atoms with van der Waals surface area (Å²) in [5.41, 5.74) is 1.75. The fourth-order valence-electron chi connectivity index (χ4n) is 4.61. The average molecular weight is 488 g/mol. The van der Waals surface area contributed by atoms with Crippen molar-refractivity contribution in [3.63, 3.8) is 0 Å². The monoisotopic (exact) mass is 487 g/mol. The lowest BCUT2D eigenvalue weighted by Gasteiger charge is -2.25. The Morgan fingerprint density at radius 1 is 1.00 bits per heavy atom. The number of carbonyl (C=O) groups excluding carboxylic acids is 1. The van der Waals surface area contributed by atoms with Crippen LogP contribution in [0, 0.1) is 5.82 Å². The van der Waals surface area contributed by atoms with Gasteiger partial charge in [-0.1, -0.05) is 31.2 Å². The first-order valence-electron chi connectivity index (χ1n) is 11.9.